The van der Waals surface area contributed by atoms with Crippen LogP contribution in [0.1, 0.15) is 61.9 Å². The van der Waals surface area contributed by atoms with E-state index in [1.165, 1.54) is 29.8 Å². The van der Waals surface area contributed by atoms with Gasteiger partial charge in [0.25, 0.3) is 0 Å². The standard InChI is InChI=1S/C22H32N4O2S/c27-20(23-17-6-1-2-7-17)16-8-9-18-19(14-16)29-22(24-18)26-12-10-25(11-13-26)21(28)15-4-3-5-15/h15-17H,1-14H2,(H,23,27). The second-order valence-corrected chi connectivity index (χ2v) is 10.3. The lowest BCUT2D eigenvalue weighted by Gasteiger charge is -2.38. The third kappa shape index (κ3) is 4.03. The minimum Gasteiger partial charge on any atom is -0.353 e. The van der Waals surface area contributed by atoms with Crippen LogP contribution in [0.5, 0.6) is 0 Å². The van der Waals surface area contributed by atoms with Crippen LogP contribution in [-0.4, -0.2) is 53.9 Å². The largest absolute Gasteiger partial charge is 0.353 e. The highest BCUT2D eigenvalue weighted by Gasteiger charge is 2.33. The van der Waals surface area contributed by atoms with E-state index in [2.05, 4.69) is 15.1 Å². The molecule has 3 fully saturated rings. The molecule has 2 amide bonds. The molecule has 0 radical (unpaired) electrons. The Morgan fingerprint density at radius 3 is 2.38 bits per heavy atom. The third-order valence-electron chi connectivity index (χ3n) is 7.32. The van der Waals surface area contributed by atoms with Crippen LogP contribution in [0.4, 0.5) is 5.13 Å². The van der Waals surface area contributed by atoms with E-state index in [1.54, 1.807) is 11.3 Å². The van der Waals surface area contributed by atoms with Gasteiger partial charge in [-0.15, -0.1) is 11.3 Å². The summed E-state index contributed by atoms with van der Waals surface area (Å²) in [5.74, 6) is 1.01. The summed E-state index contributed by atoms with van der Waals surface area (Å²) in [6.45, 7) is 3.37. The highest BCUT2D eigenvalue weighted by Crippen LogP contribution is 2.35. The molecule has 1 saturated heterocycles. The second-order valence-electron chi connectivity index (χ2n) is 9.24. The van der Waals surface area contributed by atoms with Crippen LogP contribution in [0.3, 0.4) is 0 Å². The molecular weight excluding hydrogens is 384 g/mol. The summed E-state index contributed by atoms with van der Waals surface area (Å²) in [5.41, 5.74) is 1.20. The molecule has 5 rings (SSSR count). The molecule has 2 saturated carbocycles. The second kappa shape index (κ2) is 8.25. The van der Waals surface area contributed by atoms with Crippen molar-refractivity contribution in [1.29, 1.82) is 0 Å². The van der Waals surface area contributed by atoms with Gasteiger partial charge in [-0.2, -0.15) is 0 Å². The minimum atomic E-state index is 0.105. The van der Waals surface area contributed by atoms with Crippen molar-refractivity contribution in [3.05, 3.63) is 10.6 Å². The number of hydrogen-bond acceptors (Lipinski definition) is 5. The molecule has 2 heterocycles. The first-order chi connectivity index (χ1) is 14.2. The first-order valence-corrected chi connectivity index (χ1v) is 12.3. The first-order valence-electron chi connectivity index (χ1n) is 11.5. The number of anilines is 1. The molecule has 0 aromatic carbocycles. The highest BCUT2D eigenvalue weighted by molar-refractivity contribution is 7.15. The molecule has 1 aromatic heterocycles. The Morgan fingerprint density at radius 1 is 0.931 bits per heavy atom. The number of carbonyl (C=O) groups excluding carboxylic acids is 2. The summed E-state index contributed by atoms with van der Waals surface area (Å²) in [5, 5.41) is 4.37. The topological polar surface area (TPSA) is 65.5 Å². The van der Waals surface area contributed by atoms with E-state index in [4.69, 9.17) is 4.98 Å². The maximum atomic E-state index is 12.7. The fourth-order valence-electron chi connectivity index (χ4n) is 5.14. The van der Waals surface area contributed by atoms with Crippen LogP contribution in [0.25, 0.3) is 0 Å². The molecule has 0 spiro atoms. The molecular formula is C22H32N4O2S. The van der Waals surface area contributed by atoms with Crippen LogP contribution in [0.15, 0.2) is 0 Å². The SMILES string of the molecule is O=C(NC1CCCC1)C1CCc2nc(N3CCN(C(=O)C4CCC4)CC3)sc2C1. The third-order valence-corrected chi connectivity index (χ3v) is 8.50. The van der Waals surface area contributed by atoms with Gasteiger partial charge in [0.2, 0.25) is 11.8 Å². The molecule has 3 aliphatic carbocycles. The number of thiazole rings is 1. The van der Waals surface area contributed by atoms with E-state index in [0.29, 0.717) is 17.9 Å². The lowest BCUT2D eigenvalue weighted by Crippen LogP contribution is -2.51. The van der Waals surface area contributed by atoms with Crippen LogP contribution in [0.2, 0.25) is 0 Å². The summed E-state index contributed by atoms with van der Waals surface area (Å²) in [4.78, 5) is 35.7. The van der Waals surface area contributed by atoms with Crippen LogP contribution < -0.4 is 10.2 Å². The Bertz CT molecular complexity index is 761. The van der Waals surface area contributed by atoms with Crippen molar-refractivity contribution in [2.24, 2.45) is 11.8 Å². The summed E-state index contributed by atoms with van der Waals surface area (Å²) < 4.78 is 0. The fourth-order valence-corrected chi connectivity index (χ4v) is 6.38. The van der Waals surface area contributed by atoms with Crippen molar-refractivity contribution in [1.82, 2.24) is 15.2 Å². The average Bonchev–Trinajstić information content (AvgIpc) is 3.35. The summed E-state index contributed by atoms with van der Waals surface area (Å²) in [6.07, 6.45) is 10.8. The quantitative estimate of drug-likeness (QED) is 0.820. The van der Waals surface area contributed by atoms with Gasteiger partial charge in [-0.3, -0.25) is 9.59 Å². The summed E-state index contributed by atoms with van der Waals surface area (Å²) in [7, 11) is 0. The molecule has 4 aliphatic rings. The minimum absolute atomic E-state index is 0.105. The fraction of sp³-hybridized carbons (Fsp3) is 0.773. The molecule has 6 nitrogen and oxygen atoms in total. The average molecular weight is 417 g/mol. The Kier molecular flexibility index (Phi) is 5.50. The zero-order chi connectivity index (χ0) is 19.8. The maximum Gasteiger partial charge on any atom is 0.225 e. The number of nitrogens with zero attached hydrogens (tertiary/aromatic N) is 3. The van der Waals surface area contributed by atoms with Gasteiger partial charge in [0.1, 0.15) is 0 Å². The Balaban J connectivity index is 1.16. The van der Waals surface area contributed by atoms with Gasteiger partial charge >= 0.3 is 0 Å². The van der Waals surface area contributed by atoms with E-state index in [9.17, 15) is 9.59 Å². The van der Waals surface area contributed by atoms with Crippen molar-refractivity contribution in [2.75, 3.05) is 31.1 Å². The zero-order valence-corrected chi connectivity index (χ0v) is 18.0. The van der Waals surface area contributed by atoms with E-state index in [1.807, 2.05) is 0 Å². The number of amides is 2. The van der Waals surface area contributed by atoms with Gasteiger partial charge in [0.05, 0.1) is 5.69 Å². The summed E-state index contributed by atoms with van der Waals surface area (Å²) >= 11 is 1.77. The summed E-state index contributed by atoms with van der Waals surface area (Å²) in [6, 6.07) is 0.403. The molecule has 29 heavy (non-hydrogen) atoms. The molecule has 158 valence electrons. The van der Waals surface area contributed by atoms with Gasteiger partial charge in [0.15, 0.2) is 5.13 Å². The van der Waals surface area contributed by atoms with Crippen molar-refractivity contribution < 1.29 is 9.59 Å². The van der Waals surface area contributed by atoms with Crippen LogP contribution >= 0.6 is 11.3 Å². The van der Waals surface area contributed by atoms with E-state index >= 15 is 0 Å². The monoisotopic (exact) mass is 416 g/mol. The lowest BCUT2D eigenvalue weighted by molar-refractivity contribution is -0.138. The van der Waals surface area contributed by atoms with E-state index in [0.717, 1.165) is 76.3 Å². The number of piperazine rings is 1. The van der Waals surface area contributed by atoms with Crippen molar-refractivity contribution >= 4 is 28.3 Å². The molecule has 7 heteroatoms. The number of carbonyl (C=O) groups is 2. The number of hydrogen-bond donors (Lipinski definition) is 1. The number of aryl methyl sites for hydroxylation is 1. The Morgan fingerprint density at radius 2 is 1.69 bits per heavy atom. The Hall–Kier alpha value is -1.63. The number of rotatable bonds is 4. The van der Waals surface area contributed by atoms with Gasteiger partial charge in [-0.25, -0.2) is 4.98 Å². The van der Waals surface area contributed by atoms with E-state index < -0.39 is 0 Å². The molecule has 1 unspecified atom stereocenters. The number of aromatic nitrogens is 1. The maximum absolute atomic E-state index is 12.7. The highest BCUT2D eigenvalue weighted by atomic mass is 32.1. The van der Waals surface area contributed by atoms with Gasteiger partial charge < -0.3 is 15.1 Å². The Labute approximate surface area is 177 Å². The van der Waals surface area contributed by atoms with Crippen LogP contribution in [0, 0.1) is 11.8 Å². The van der Waals surface area contributed by atoms with Gasteiger partial charge in [-0.05, 0) is 44.9 Å². The molecule has 1 N–H and O–H groups in total. The smallest absolute Gasteiger partial charge is 0.225 e. The molecule has 1 atom stereocenters. The van der Waals surface area contributed by atoms with Gasteiger partial charge in [-0.1, -0.05) is 19.3 Å². The number of nitrogens with one attached hydrogen (secondary N) is 1. The van der Waals surface area contributed by atoms with Crippen molar-refractivity contribution in [3.8, 4) is 0 Å². The first kappa shape index (κ1) is 19.3. The van der Waals surface area contributed by atoms with E-state index in [-0.39, 0.29) is 11.8 Å². The number of fused-ring (bicyclic) bond motifs is 1. The van der Waals surface area contributed by atoms with Crippen molar-refractivity contribution in [3.63, 3.8) is 0 Å². The van der Waals surface area contributed by atoms with Gasteiger partial charge in [0, 0.05) is 48.9 Å². The normalized spacial score (nSPS) is 25.6. The lowest BCUT2D eigenvalue weighted by atomic mass is 9.84. The predicted molar refractivity (Wildman–Crippen MR) is 114 cm³/mol. The molecule has 0 bridgehead atoms. The van der Waals surface area contributed by atoms with Crippen molar-refractivity contribution in [2.45, 2.75) is 70.3 Å². The molecule has 1 aliphatic heterocycles. The van der Waals surface area contributed by atoms with Crippen LogP contribution in [-0.2, 0) is 22.4 Å². The predicted octanol–water partition coefficient (Wildman–Crippen LogP) is 2.76. The zero-order valence-electron chi connectivity index (χ0n) is 17.2. The molecule has 1 aromatic rings.